The molecule has 1 aromatic heterocycles. The summed E-state index contributed by atoms with van der Waals surface area (Å²) in [6, 6.07) is 8.34. The SMILES string of the molecule is CCCc1cc(N2CC[C@H](NC(C)=O)C2)nc(Nc2cccc([N+](=O)[O-])c2)n1. The normalized spacial score (nSPS) is 16.1. The van der Waals surface area contributed by atoms with E-state index in [9.17, 15) is 14.9 Å². The predicted molar refractivity (Wildman–Crippen MR) is 107 cm³/mol. The van der Waals surface area contributed by atoms with E-state index in [1.54, 1.807) is 12.1 Å². The molecule has 1 aliphatic rings. The molecule has 9 heteroatoms. The smallest absolute Gasteiger partial charge is 0.271 e. The summed E-state index contributed by atoms with van der Waals surface area (Å²) in [7, 11) is 0. The molecule has 28 heavy (non-hydrogen) atoms. The van der Waals surface area contributed by atoms with Crippen LogP contribution in [0.15, 0.2) is 30.3 Å². The molecule has 2 aromatic rings. The third-order valence-electron chi connectivity index (χ3n) is 4.50. The van der Waals surface area contributed by atoms with Crippen molar-refractivity contribution in [2.45, 2.75) is 39.2 Å². The number of rotatable bonds is 7. The molecule has 0 radical (unpaired) electrons. The van der Waals surface area contributed by atoms with Crippen molar-refractivity contribution < 1.29 is 9.72 Å². The molecule has 0 spiro atoms. The van der Waals surface area contributed by atoms with Crippen LogP contribution in [0.5, 0.6) is 0 Å². The highest BCUT2D eigenvalue weighted by atomic mass is 16.6. The van der Waals surface area contributed by atoms with Crippen molar-refractivity contribution in [3.63, 3.8) is 0 Å². The number of anilines is 3. The molecule has 1 fully saturated rings. The molecule has 1 aliphatic heterocycles. The van der Waals surface area contributed by atoms with E-state index in [1.807, 2.05) is 6.07 Å². The van der Waals surface area contributed by atoms with Gasteiger partial charge in [-0.25, -0.2) is 4.98 Å². The van der Waals surface area contributed by atoms with Crippen molar-refractivity contribution in [1.82, 2.24) is 15.3 Å². The molecule has 2 N–H and O–H groups in total. The zero-order valence-electron chi connectivity index (χ0n) is 16.0. The fourth-order valence-electron chi connectivity index (χ4n) is 3.29. The Labute approximate surface area is 163 Å². The Morgan fingerprint density at radius 3 is 2.89 bits per heavy atom. The van der Waals surface area contributed by atoms with E-state index in [0.29, 0.717) is 18.2 Å². The number of carbonyl (C=O) groups is 1. The molecule has 2 heterocycles. The summed E-state index contributed by atoms with van der Waals surface area (Å²) in [6.45, 7) is 5.09. The predicted octanol–water partition coefficient (Wildman–Crippen LogP) is 2.80. The van der Waals surface area contributed by atoms with E-state index >= 15 is 0 Å². The Morgan fingerprint density at radius 2 is 2.18 bits per heavy atom. The number of nitro groups is 1. The summed E-state index contributed by atoms with van der Waals surface area (Å²) in [6.07, 6.45) is 2.61. The number of aryl methyl sites for hydroxylation is 1. The minimum Gasteiger partial charge on any atom is -0.354 e. The third kappa shape index (κ3) is 4.93. The maximum Gasteiger partial charge on any atom is 0.271 e. The van der Waals surface area contributed by atoms with Crippen LogP contribution in [0, 0.1) is 10.1 Å². The number of non-ortho nitro benzene ring substituents is 1. The van der Waals surface area contributed by atoms with Crippen molar-refractivity contribution in [1.29, 1.82) is 0 Å². The summed E-state index contributed by atoms with van der Waals surface area (Å²) in [5.74, 6) is 1.16. The lowest BCUT2D eigenvalue weighted by Gasteiger charge is -2.19. The number of nitro benzene ring substituents is 1. The zero-order chi connectivity index (χ0) is 20.1. The van der Waals surface area contributed by atoms with Gasteiger partial charge in [0.1, 0.15) is 5.82 Å². The van der Waals surface area contributed by atoms with Gasteiger partial charge in [0.15, 0.2) is 0 Å². The van der Waals surface area contributed by atoms with Gasteiger partial charge in [-0.05, 0) is 18.9 Å². The van der Waals surface area contributed by atoms with Crippen LogP contribution in [0.2, 0.25) is 0 Å². The van der Waals surface area contributed by atoms with E-state index < -0.39 is 4.92 Å². The topological polar surface area (TPSA) is 113 Å². The molecular weight excluding hydrogens is 360 g/mol. The van der Waals surface area contributed by atoms with Crippen LogP contribution >= 0.6 is 0 Å². The van der Waals surface area contributed by atoms with Gasteiger partial charge in [-0.15, -0.1) is 0 Å². The molecule has 1 aromatic carbocycles. The maximum absolute atomic E-state index is 11.3. The van der Waals surface area contributed by atoms with Gasteiger partial charge in [0, 0.05) is 55.6 Å². The second-order valence-electron chi connectivity index (χ2n) is 6.86. The molecule has 1 atom stereocenters. The van der Waals surface area contributed by atoms with Crippen LogP contribution in [0.4, 0.5) is 23.1 Å². The molecule has 3 rings (SSSR count). The van der Waals surface area contributed by atoms with Gasteiger partial charge in [-0.1, -0.05) is 19.4 Å². The fourth-order valence-corrected chi connectivity index (χ4v) is 3.29. The van der Waals surface area contributed by atoms with E-state index in [0.717, 1.165) is 37.3 Å². The molecule has 9 nitrogen and oxygen atoms in total. The fraction of sp³-hybridized carbons (Fsp3) is 0.421. The maximum atomic E-state index is 11.3. The Hall–Kier alpha value is -3.23. The van der Waals surface area contributed by atoms with Crippen molar-refractivity contribution in [3.05, 3.63) is 46.1 Å². The number of nitrogens with zero attached hydrogens (tertiary/aromatic N) is 4. The number of carbonyl (C=O) groups excluding carboxylic acids is 1. The van der Waals surface area contributed by atoms with Gasteiger partial charge in [0.05, 0.1) is 4.92 Å². The number of hydrogen-bond acceptors (Lipinski definition) is 7. The summed E-state index contributed by atoms with van der Waals surface area (Å²) >= 11 is 0. The van der Waals surface area contributed by atoms with Crippen molar-refractivity contribution >= 4 is 29.0 Å². The van der Waals surface area contributed by atoms with Gasteiger partial charge in [-0.3, -0.25) is 14.9 Å². The Kier molecular flexibility index (Phi) is 6.03. The quantitative estimate of drug-likeness (QED) is 0.557. The molecular formula is C19H24N6O3. The van der Waals surface area contributed by atoms with Crippen LogP contribution in [-0.2, 0) is 11.2 Å². The molecule has 0 bridgehead atoms. The highest BCUT2D eigenvalue weighted by Crippen LogP contribution is 2.24. The minimum atomic E-state index is -0.433. The summed E-state index contributed by atoms with van der Waals surface area (Å²) in [5.41, 5.74) is 1.47. The number of aromatic nitrogens is 2. The first-order chi connectivity index (χ1) is 13.4. The van der Waals surface area contributed by atoms with Crippen LogP contribution < -0.4 is 15.5 Å². The lowest BCUT2D eigenvalue weighted by molar-refractivity contribution is -0.384. The third-order valence-corrected chi connectivity index (χ3v) is 4.50. The molecule has 0 aliphatic carbocycles. The monoisotopic (exact) mass is 384 g/mol. The summed E-state index contributed by atoms with van der Waals surface area (Å²) < 4.78 is 0. The lowest BCUT2D eigenvalue weighted by atomic mass is 10.2. The standard InChI is InChI=1S/C19H24N6O3/c1-3-5-14-11-18(24-9-8-16(12-24)20-13(2)26)23-19(21-14)22-15-6-4-7-17(10-15)25(27)28/h4,6-7,10-11,16H,3,5,8-9,12H2,1-2H3,(H,20,26)(H,21,22,23)/t16-/m0/s1. The number of amides is 1. The molecule has 1 saturated heterocycles. The van der Waals surface area contributed by atoms with Crippen LogP contribution in [0.25, 0.3) is 0 Å². The van der Waals surface area contributed by atoms with Gasteiger partial charge in [-0.2, -0.15) is 4.98 Å². The average Bonchev–Trinajstić information content (AvgIpc) is 3.10. The van der Waals surface area contributed by atoms with Gasteiger partial charge < -0.3 is 15.5 Å². The Morgan fingerprint density at radius 1 is 1.36 bits per heavy atom. The first-order valence-corrected chi connectivity index (χ1v) is 9.36. The average molecular weight is 384 g/mol. The van der Waals surface area contributed by atoms with Crippen LogP contribution in [0.3, 0.4) is 0 Å². The molecule has 0 saturated carbocycles. The van der Waals surface area contributed by atoms with Crippen molar-refractivity contribution in [2.75, 3.05) is 23.3 Å². The molecule has 0 unspecified atom stereocenters. The largest absolute Gasteiger partial charge is 0.354 e. The molecule has 1 amide bonds. The van der Waals surface area contributed by atoms with E-state index in [4.69, 9.17) is 0 Å². The Balaban J connectivity index is 1.83. The van der Waals surface area contributed by atoms with Gasteiger partial charge >= 0.3 is 0 Å². The second kappa shape index (κ2) is 8.64. The number of hydrogen-bond donors (Lipinski definition) is 2. The second-order valence-corrected chi connectivity index (χ2v) is 6.86. The number of benzene rings is 1. The van der Waals surface area contributed by atoms with E-state index in [1.165, 1.54) is 19.1 Å². The van der Waals surface area contributed by atoms with E-state index in [2.05, 4.69) is 32.4 Å². The highest BCUT2D eigenvalue weighted by molar-refractivity contribution is 5.73. The Bertz CT molecular complexity index is 872. The number of nitrogens with one attached hydrogen (secondary N) is 2. The lowest BCUT2D eigenvalue weighted by Crippen LogP contribution is -2.35. The first kappa shape index (κ1) is 19.5. The van der Waals surface area contributed by atoms with Crippen LogP contribution in [0.1, 0.15) is 32.4 Å². The summed E-state index contributed by atoms with van der Waals surface area (Å²) in [4.78, 5) is 33.1. The molecule has 148 valence electrons. The van der Waals surface area contributed by atoms with Crippen molar-refractivity contribution in [2.24, 2.45) is 0 Å². The first-order valence-electron chi connectivity index (χ1n) is 9.36. The zero-order valence-corrected chi connectivity index (χ0v) is 16.0. The van der Waals surface area contributed by atoms with Gasteiger partial charge in [0.25, 0.3) is 5.69 Å². The minimum absolute atomic E-state index is 0.00706. The highest BCUT2D eigenvalue weighted by Gasteiger charge is 2.24. The summed E-state index contributed by atoms with van der Waals surface area (Å²) in [5, 5.41) is 17.0. The van der Waals surface area contributed by atoms with Crippen LogP contribution in [-0.4, -0.2) is 39.9 Å². The van der Waals surface area contributed by atoms with E-state index in [-0.39, 0.29) is 17.6 Å². The van der Waals surface area contributed by atoms with Crippen molar-refractivity contribution in [3.8, 4) is 0 Å². The van der Waals surface area contributed by atoms with Gasteiger partial charge in [0.2, 0.25) is 11.9 Å².